The van der Waals surface area contributed by atoms with Gasteiger partial charge in [0.2, 0.25) is 10.0 Å². The highest BCUT2D eigenvalue weighted by Gasteiger charge is 2.26. The quantitative estimate of drug-likeness (QED) is 0.692. The van der Waals surface area contributed by atoms with E-state index < -0.39 is 16.1 Å². The molecule has 1 heterocycles. The molecule has 13 heavy (non-hydrogen) atoms. The summed E-state index contributed by atoms with van der Waals surface area (Å²) in [4.78, 5) is 0. The molecule has 1 aliphatic rings. The molecule has 0 radical (unpaired) electrons. The number of aliphatic hydroxyl groups excluding tert-OH is 1. The van der Waals surface area contributed by atoms with Gasteiger partial charge in [-0.15, -0.1) is 11.6 Å². The maximum atomic E-state index is 11.5. The lowest BCUT2D eigenvalue weighted by Crippen LogP contribution is -2.43. The molecule has 6 heteroatoms. The standard InChI is InChI=1S/C7H14ClNO3S/c8-3-5-13(11,12)9-4-1-2-7(10)6-9/h7,10H,1-6H2/t7-/m0/s1. The molecule has 0 saturated carbocycles. The summed E-state index contributed by atoms with van der Waals surface area (Å²) in [6.07, 6.45) is 0.897. The molecule has 1 rings (SSSR count). The molecule has 1 aliphatic heterocycles. The molecular weight excluding hydrogens is 214 g/mol. The number of sulfonamides is 1. The molecule has 0 aromatic carbocycles. The van der Waals surface area contributed by atoms with Gasteiger partial charge in [-0.1, -0.05) is 0 Å². The minimum Gasteiger partial charge on any atom is -0.392 e. The van der Waals surface area contributed by atoms with Crippen molar-refractivity contribution in [1.82, 2.24) is 4.31 Å². The van der Waals surface area contributed by atoms with Gasteiger partial charge in [0.05, 0.1) is 11.9 Å². The van der Waals surface area contributed by atoms with E-state index in [4.69, 9.17) is 11.6 Å². The van der Waals surface area contributed by atoms with Crippen molar-refractivity contribution in [3.05, 3.63) is 0 Å². The summed E-state index contributed by atoms with van der Waals surface area (Å²) in [7, 11) is -3.22. The fourth-order valence-electron chi connectivity index (χ4n) is 1.40. The van der Waals surface area contributed by atoms with Gasteiger partial charge in [0, 0.05) is 19.0 Å². The Morgan fingerprint density at radius 3 is 2.77 bits per heavy atom. The Morgan fingerprint density at radius 1 is 1.54 bits per heavy atom. The molecule has 0 amide bonds. The molecule has 78 valence electrons. The topological polar surface area (TPSA) is 57.6 Å². The predicted octanol–water partition coefficient (Wildman–Crippen LogP) is 0.0117. The molecule has 4 nitrogen and oxygen atoms in total. The van der Waals surface area contributed by atoms with E-state index in [-0.39, 0.29) is 18.2 Å². The van der Waals surface area contributed by atoms with E-state index in [1.165, 1.54) is 4.31 Å². The molecule has 1 fully saturated rings. The van der Waals surface area contributed by atoms with Crippen molar-refractivity contribution in [3.8, 4) is 0 Å². The van der Waals surface area contributed by atoms with Gasteiger partial charge in [0.25, 0.3) is 0 Å². The number of rotatable bonds is 3. The number of aliphatic hydroxyl groups is 1. The van der Waals surface area contributed by atoms with E-state index in [2.05, 4.69) is 0 Å². The van der Waals surface area contributed by atoms with E-state index in [0.29, 0.717) is 13.0 Å². The summed E-state index contributed by atoms with van der Waals surface area (Å²) in [6.45, 7) is 0.732. The molecule has 1 N–H and O–H groups in total. The van der Waals surface area contributed by atoms with Gasteiger partial charge in [-0.25, -0.2) is 8.42 Å². The number of halogens is 1. The highest BCUT2D eigenvalue weighted by Crippen LogP contribution is 2.14. The molecule has 0 spiro atoms. The lowest BCUT2D eigenvalue weighted by Gasteiger charge is -2.28. The van der Waals surface area contributed by atoms with Gasteiger partial charge in [-0.2, -0.15) is 4.31 Å². The van der Waals surface area contributed by atoms with Crippen LogP contribution in [0.3, 0.4) is 0 Å². The number of nitrogens with zero attached hydrogens (tertiary/aromatic N) is 1. The Bertz CT molecular complexity index is 254. The van der Waals surface area contributed by atoms with Crippen molar-refractivity contribution in [2.75, 3.05) is 24.7 Å². The van der Waals surface area contributed by atoms with Crippen molar-refractivity contribution < 1.29 is 13.5 Å². The van der Waals surface area contributed by atoms with E-state index in [0.717, 1.165) is 6.42 Å². The zero-order valence-corrected chi connectivity index (χ0v) is 8.89. The fraction of sp³-hybridized carbons (Fsp3) is 1.00. The lowest BCUT2D eigenvalue weighted by atomic mass is 10.1. The highest BCUT2D eigenvalue weighted by atomic mass is 35.5. The number of hydrogen-bond donors (Lipinski definition) is 1. The second-order valence-corrected chi connectivity index (χ2v) is 5.63. The monoisotopic (exact) mass is 227 g/mol. The second-order valence-electron chi connectivity index (χ2n) is 3.16. The van der Waals surface area contributed by atoms with Crippen LogP contribution in [0.1, 0.15) is 12.8 Å². The SMILES string of the molecule is O=S(=O)(CCCl)N1CCC[C@H](O)C1. The molecule has 1 atom stereocenters. The first-order valence-electron chi connectivity index (χ1n) is 4.28. The van der Waals surface area contributed by atoms with Gasteiger partial charge >= 0.3 is 0 Å². The Morgan fingerprint density at radius 2 is 2.23 bits per heavy atom. The van der Waals surface area contributed by atoms with Gasteiger partial charge in [-0.3, -0.25) is 0 Å². The maximum Gasteiger partial charge on any atom is 0.215 e. The van der Waals surface area contributed by atoms with Crippen molar-refractivity contribution >= 4 is 21.6 Å². The normalized spacial score (nSPS) is 26.2. The van der Waals surface area contributed by atoms with Crippen molar-refractivity contribution in [2.24, 2.45) is 0 Å². The van der Waals surface area contributed by atoms with Crippen LogP contribution in [-0.2, 0) is 10.0 Å². The highest BCUT2D eigenvalue weighted by molar-refractivity contribution is 7.89. The van der Waals surface area contributed by atoms with Crippen molar-refractivity contribution in [2.45, 2.75) is 18.9 Å². The van der Waals surface area contributed by atoms with Gasteiger partial charge in [0.15, 0.2) is 0 Å². The molecule has 0 aliphatic carbocycles. The molecular formula is C7H14ClNO3S. The van der Waals surface area contributed by atoms with Crippen LogP contribution in [-0.4, -0.2) is 48.7 Å². The third kappa shape index (κ3) is 3.09. The number of β-amino-alcohol motifs (C(OH)–C–C–N with tert-alkyl or cyclic N) is 1. The van der Waals surface area contributed by atoms with Crippen molar-refractivity contribution in [3.63, 3.8) is 0 Å². The van der Waals surface area contributed by atoms with Crippen LogP contribution in [0, 0.1) is 0 Å². The minimum atomic E-state index is -3.22. The van der Waals surface area contributed by atoms with Crippen molar-refractivity contribution in [1.29, 1.82) is 0 Å². The third-order valence-corrected chi connectivity index (χ3v) is 4.34. The molecule has 1 saturated heterocycles. The second kappa shape index (κ2) is 4.59. The zero-order valence-electron chi connectivity index (χ0n) is 7.32. The van der Waals surface area contributed by atoms with Crippen LogP contribution < -0.4 is 0 Å². The minimum absolute atomic E-state index is 0.0404. The summed E-state index contributed by atoms with van der Waals surface area (Å²) in [6, 6.07) is 0. The van der Waals surface area contributed by atoms with Crippen LogP contribution in [0.25, 0.3) is 0 Å². The summed E-state index contributed by atoms with van der Waals surface area (Å²) in [5.41, 5.74) is 0. The number of alkyl halides is 1. The fourth-order valence-corrected chi connectivity index (χ4v) is 3.24. The average molecular weight is 228 g/mol. The summed E-state index contributed by atoms with van der Waals surface area (Å²) in [5, 5.41) is 9.27. The molecule has 0 aromatic heterocycles. The Kier molecular flexibility index (Phi) is 3.97. The largest absolute Gasteiger partial charge is 0.392 e. The molecule has 0 aromatic rings. The average Bonchev–Trinajstić information content (AvgIpc) is 2.04. The van der Waals surface area contributed by atoms with Crippen LogP contribution in [0.2, 0.25) is 0 Å². The summed E-state index contributed by atoms with van der Waals surface area (Å²) < 4.78 is 24.2. The van der Waals surface area contributed by atoms with Gasteiger partial charge in [-0.05, 0) is 12.8 Å². The van der Waals surface area contributed by atoms with E-state index >= 15 is 0 Å². The maximum absolute atomic E-state index is 11.5. The molecule has 0 bridgehead atoms. The van der Waals surface area contributed by atoms with Crippen LogP contribution >= 0.6 is 11.6 Å². The third-order valence-electron chi connectivity index (χ3n) is 2.09. The molecule has 0 unspecified atom stereocenters. The first-order valence-corrected chi connectivity index (χ1v) is 6.42. The zero-order chi connectivity index (χ0) is 9.90. The lowest BCUT2D eigenvalue weighted by molar-refractivity contribution is 0.108. The van der Waals surface area contributed by atoms with Crippen LogP contribution in [0.5, 0.6) is 0 Å². The Labute approximate surface area is 83.5 Å². The summed E-state index contributed by atoms with van der Waals surface area (Å²) >= 11 is 5.37. The summed E-state index contributed by atoms with van der Waals surface area (Å²) in [5.74, 6) is 0.0657. The predicted molar refractivity (Wildman–Crippen MR) is 51.3 cm³/mol. The number of hydrogen-bond acceptors (Lipinski definition) is 3. The van der Waals surface area contributed by atoms with Crippen LogP contribution in [0.15, 0.2) is 0 Å². The van der Waals surface area contributed by atoms with Crippen LogP contribution in [0.4, 0.5) is 0 Å². The van der Waals surface area contributed by atoms with E-state index in [1.54, 1.807) is 0 Å². The Balaban J connectivity index is 2.60. The smallest absolute Gasteiger partial charge is 0.215 e. The first kappa shape index (κ1) is 11.2. The van der Waals surface area contributed by atoms with E-state index in [1.807, 2.05) is 0 Å². The van der Waals surface area contributed by atoms with Gasteiger partial charge in [0.1, 0.15) is 0 Å². The first-order chi connectivity index (χ1) is 6.06. The Hall–Kier alpha value is 0.160. The van der Waals surface area contributed by atoms with E-state index in [9.17, 15) is 13.5 Å². The van der Waals surface area contributed by atoms with Gasteiger partial charge < -0.3 is 5.11 Å². The number of piperidine rings is 1.